The first kappa shape index (κ1) is 19.4. The van der Waals surface area contributed by atoms with Crippen LogP contribution in [0.25, 0.3) is 11.5 Å². The van der Waals surface area contributed by atoms with E-state index in [0.29, 0.717) is 23.8 Å². The maximum Gasteiger partial charge on any atom is 0.338 e. The molecule has 30 heavy (non-hydrogen) atoms. The second-order valence-corrected chi connectivity index (χ2v) is 6.66. The number of hydrogen-bond donors (Lipinski definition) is 0. The van der Waals surface area contributed by atoms with Crippen molar-refractivity contribution in [3.63, 3.8) is 0 Å². The maximum absolute atomic E-state index is 12.4. The van der Waals surface area contributed by atoms with Crippen molar-refractivity contribution in [2.45, 2.75) is 19.6 Å². The molecule has 1 heterocycles. The van der Waals surface area contributed by atoms with Gasteiger partial charge < -0.3 is 13.9 Å². The Morgan fingerprint density at radius 2 is 1.57 bits per heavy atom. The predicted molar refractivity (Wildman–Crippen MR) is 111 cm³/mol. The lowest BCUT2D eigenvalue weighted by atomic mass is 10.2. The van der Waals surface area contributed by atoms with Gasteiger partial charge >= 0.3 is 5.97 Å². The highest BCUT2D eigenvalue weighted by molar-refractivity contribution is 5.89. The third-order valence-electron chi connectivity index (χ3n) is 4.43. The molecular formula is C24H20N2O4. The zero-order chi connectivity index (χ0) is 20.8. The Kier molecular flexibility index (Phi) is 5.85. The van der Waals surface area contributed by atoms with E-state index in [2.05, 4.69) is 10.2 Å². The molecule has 0 saturated heterocycles. The smallest absolute Gasteiger partial charge is 0.338 e. The maximum atomic E-state index is 12.4. The number of ether oxygens (including phenoxy) is 2. The van der Waals surface area contributed by atoms with Crippen molar-refractivity contribution in [1.29, 1.82) is 0 Å². The van der Waals surface area contributed by atoms with E-state index < -0.39 is 12.1 Å². The Morgan fingerprint density at radius 1 is 0.900 bits per heavy atom. The molecule has 0 radical (unpaired) electrons. The first-order chi connectivity index (χ1) is 14.7. The van der Waals surface area contributed by atoms with Gasteiger partial charge in [0.25, 0.3) is 5.89 Å². The number of nitrogens with zero attached hydrogens (tertiary/aromatic N) is 2. The number of benzene rings is 3. The Bertz CT molecular complexity index is 1090. The number of carbonyl (C=O) groups excluding carboxylic acids is 1. The van der Waals surface area contributed by atoms with E-state index in [1.807, 2.05) is 60.7 Å². The van der Waals surface area contributed by atoms with E-state index in [-0.39, 0.29) is 5.89 Å². The molecule has 0 saturated carbocycles. The molecule has 1 atom stereocenters. The molecule has 1 aromatic heterocycles. The van der Waals surface area contributed by atoms with Crippen molar-refractivity contribution < 1.29 is 18.7 Å². The lowest BCUT2D eigenvalue weighted by molar-refractivity contribution is 0.0280. The summed E-state index contributed by atoms with van der Waals surface area (Å²) in [6.45, 7) is 2.15. The zero-order valence-electron chi connectivity index (χ0n) is 16.4. The third-order valence-corrected chi connectivity index (χ3v) is 4.43. The van der Waals surface area contributed by atoms with Crippen molar-refractivity contribution in [2.24, 2.45) is 0 Å². The summed E-state index contributed by atoms with van der Waals surface area (Å²) in [5.74, 6) is 0.822. The van der Waals surface area contributed by atoms with E-state index >= 15 is 0 Å². The minimum atomic E-state index is -0.670. The average molecular weight is 400 g/mol. The fourth-order valence-electron chi connectivity index (χ4n) is 2.80. The van der Waals surface area contributed by atoms with Gasteiger partial charge in [0.2, 0.25) is 5.89 Å². The summed E-state index contributed by atoms with van der Waals surface area (Å²) in [7, 11) is 0. The lowest BCUT2D eigenvalue weighted by Crippen LogP contribution is -2.09. The second kappa shape index (κ2) is 9.05. The van der Waals surface area contributed by atoms with Gasteiger partial charge in [0.1, 0.15) is 12.4 Å². The van der Waals surface area contributed by atoms with Crippen LogP contribution < -0.4 is 4.74 Å². The molecule has 0 aliphatic rings. The number of carbonyl (C=O) groups is 1. The molecule has 0 spiro atoms. The van der Waals surface area contributed by atoms with Crippen LogP contribution >= 0.6 is 0 Å². The topological polar surface area (TPSA) is 74.5 Å². The van der Waals surface area contributed by atoms with E-state index in [0.717, 1.165) is 11.1 Å². The van der Waals surface area contributed by atoms with Crippen molar-refractivity contribution in [1.82, 2.24) is 10.2 Å². The molecule has 6 heteroatoms. The Hall–Kier alpha value is -3.93. The van der Waals surface area contributed by atoms with Crippen LogP contribution in [0.1, 0.15) is 34.8 Å². The molecule has 150 valence electrons. The first-order valence-corrected chi connectivity index (χ1v) is 9.55. The summed E-state index contributed by atoms with van der Waals surface area (Å²) in [5.41, 5.74) is 2.29. The van der Waals surface area contributed by atoms with Gasteiger partial charge in [-0.05, 0) is 48.9 Å². The van der Waals surface area contributed by atoms with Gasteiger partial charge in [0, 0.05) is 5.56 Å². The molecule has 3 aromatic carbocycles. The summed E-state index contributed by atoms with van der Waals surface area (Å²) in [5, 5.41) is 8.01. The van der Waals surface area contributed by atoms with E-state index in [1.165, 1.54) is 0 Å². The summed E-state index contributed by atoms with van der Waals surface area (Å²) in [6, 6.07) is 26.1. The number of aromatic nitrogens is 2. The molecule has 4 aromatic rings. The molecule has 0 bridgehead atoms. The number of rotatable bonds is 7. The van der Waals surface area contributed by atoms with Crippen LogP contribution in [0.5, 0.6) is 5.75 Å². The molecule has 0 amide bonds. The third kappa shape index (κ3) is 4.72. The molecular weight excluding hydrogens is 380 g/mol. The van der Waals surface area contributed by atoms with Gasteiger partial charge in [-0.2, -0.15) is 0 Å². The van der Waals surface area contributed by atoms with Crippen LogP contribution in [-0.4, -0.2) is 16.2 Å². The molecule has 1 unspecified atom stereocenters. The summed E-state index contributed by atoms with van der Waals surface area (Å²) < 4.78 is 16.8. The molecule has 0 aliphatic heterocycles. The first-order valence-electron chi connectivity index (χ1n) is 9.55. The lowest BCUT2D eigenvalue weighted by Gasteiger charge is -2.10. The van der Waals surface area contributed by atoms with Crippen LogP contribution in [0.2, 0.25) is 0 Å². The Morgan fingerprint density at radius 3 is 2.27 bits per heavy atom. The average Bonchev–Trinajstić information content (AvgIpc) is 3.30. The Balaban J connectivity index is 1.35. The summed E-state index contributed by atoms with van der Waals surface area (Å²) >= 11 is 0. The van der Waals surface area contributed by atoms with Gasteiger partial charge in [0.05, 0.1) is 5.56 Å². The van der Waals surface area contributed by atoms with Crippen molar-refractivity contribution in [3.8, 4) is 17.2 Å². The quantitative estimate of drug-likeness (QED) is 0.395. The summed E-state index contributed by atoms with van der Waals surface area (Å²) in [6.07, 6.45) is -0.670. The summed E-state index contributed by atoms with van der Waals surface area (Å²) in [4.78, 5) is 12.4. The zero-order valence-corrected chi connectivity index (χ0v) is 16.4. The molecule has 6 nitrogen and oxygen atoms in total. The van der Waals surface area contributed by atoms with Crippen LogP contribution in [-0.2, 0) is 11.3 Å². The largest absolute Gasteiger partial charge is 0.489 e. The molecule has 0 fully saturated rings. The van der Waals surface area contributed by atoms with Crippen LogP contribution in [0, 0.1) is 0 Å². The van der Waals surface area contributed by atoms with Crippen LogP contribution in [0.15, 0.2) is 89.3 Å². The molecule has 0 aliphatic carbocycles. The van der Waals surface area contributed by atoms with E-state index in [4.69, 9.17) is 13.9 Å². The van der Waals surface area contributed by atoms with Gasteiger partial charge in [-0.15, -0.1) is 10.2 Å². The predicted octanol–water partition coefficient (Wildman–Crippen LogP) is 5.23. The van der Waals surface area contributed by atoms with Crippen molar-refractivity contribution in [2.75, 3.05) is 0 Å². The van der Waals surface area contributed by atoms with E-state index in [9.17, 15) is 4.79 Å². The fourth-order valence-corrected chi connectivity index (χ4v) is 2.80. The monoisotopic (exact) mass is 400 g/mol. The van der Waals surface area contributed by atoms with Gasteiger partial charge in [0.15, 0.2) is 6.10 Å². The molecule has 0 N–H and O–H groups in total. The fraction of sp³-hybridized carbons (Fsp3) is 0.125. The Labute approximate surface area is 174 Å². The SMILES string of the molecule is CC(OC(=O)c1ccc(OCc2ccccc2)cc1)c1nnc(-c2ccccc2)o1. The minimum Gasteiger partial charge on any atom is -0.489 e. The van der Waals surface area contributed by atoms with Crippen LogP contribution in [0.4, 0.5) is 0 Å². The minimum absolute atomic E-state index is 0.241. The standard InChI is InChI=1S/C24H20N2O4/c1-17(22-25-26-23(30-22)19-10-6-3-7-11-19)29-24(27)20-12-14-21(15-13-20)28-16-18-8-4-2-5-9-18/h2-15,17H,16H2,1H3. The highest BCUT2D eigenvalue weighted by atomic mass is 16.6. The highest BCUT2D eigenvalue weighted by Gasteiger charge is 2.20. The number of esters is 1. The normalized spacial score (nSPS) is 11.6. The van der Waals surface area contributed by atoms with Crippen molar-refractivity contribution in [3.05, 3.63) is 102 Å². The highest BCUT2D eigenvalue weighted by Crippen LogP contribution is 2.23. The van der Waals surface area contributed by atoms with Gasteiger partial charge in [-0.3, -0.25) is 0 Å². The van der Waals surface area contributed by atoms with Crippen LogP contribution in [0.3, 0.4) is 0 Å². The molecule has 4 rings (SSSR count). The van der Waals surface area contributed by atoms with Crippen molar-refractivity contribution >= 4 is 5.97 Å². The van der Waals surface area contributed by atoms with E-state index in [1.54, 1.807) is 31.2 Å². The van der Waals surface area contributed by atoms with Gasteiger partial charge in [-0.1, -0.05) is 48.5 Å². The number of hydrogen-bond acceptors (Lipinski definition) is 6. The second-order valence-electron chi connectivity index (χ2n) is 6.66. The van der Waals surface area contributed by atoms with Gasteiger partial charge in [-0.25, -0.2) is 4.79 Å².